The van der Waals surface area contributed by atoms with E-state index in [0.29, 0.717) is 26.2 Å². The van der Waals surface area contributed by atoms with Crippen LogP contribution in [0.5, 0.6) is 0 Å². The van der Waals surface area contributed by atoms with Gasteiger partial charge in [-0.25, -0.2) is 17.5 Å². The number of nitrogens with one attached hydrogen (secondary N) is 1. The van der Waals surface area contributed by atoms with Gasteiger partial charge in [0, 0.05) is 32.2 Å². The molecule has 1 fully saturated rings. The Bertz CT molecular complexity index is 1220. The van der Waals surface area contributed by atoms with Crippen LogP contribution in [0.3, 0.4) is 0 Å². The van der Waals surface area contributed by atoms with E-state index in [0.717, 1.165) is 12.1 Å². The lowest BCUT2D eigenvalue weighted by molar-refractivity contribution is 0.0592. The van der Waals surface area contributed by atoms with Gasteiger partial charge in [0.05, 0.1) is 16.5 Å². The molecule has 3 aromatic carbocycles. The predicted octanol–water partition coefficient (Wildman–Crippen LogP) is 4.06. The molecular formula is C27H30FN3O3S. The van der Waals surface area contributed by atoms with Crippen LogP contribution in [0.15, 0.2) is 83.8 Å². The lowest BCUT2D eigenvalue weighted by Gasteiger charge is -2.39. The fourth-order valence-corrected chi connectivity index (χ4v) is 5.73. The van der Waals surface area contributed by atoms with Crippen molar-refractivity contribution in [3.8, 4) is 0 Å². The Kier molecular flexibility index (Phi) is 7.64. The van der Waals surface area contributed by atoms with Crippen molar-refractivity contribution < 1.29 is 17.6 Å². The Morgan fingerprint density at radius 3 is 1.91 bits per heavy atom. The van der Waals surface area contributed by atoms with Crippen LogP contribution in [0, 0.1) is 5.82 Å². The van der Waals surface area contributed by atoms with Gasteiger partial charge in [-0.15, -0.1) is 0 Å². The maximum atomic E-state index is 14.6. The van der Waals surface area contributed by atoms with E-state index >= 15 is 0 Å². The molecule has 0 aliphatic carbocycles. The number of nitrogens with zero attached hydrogens (tertiary/aromatic N) is 2. The van der Waals surface area contributed by atoms with Gasteiger partial charge in [-0.05, 0) is 43.2 Å². The molecule has 0 radical (unpaired) electrons. The van der Waals surface area contributed by atoms with Crippen molar-refractivity contribution >= 4 is 15.9 Å². The van der Waals surface area contributed by atoms with E-state index in [2.05, 4.69) is 33.9 Å². The van der Waals surface area contributed by atoms with Crippen LogP contribution in [0.1, 0.15) is 41.4 Å². The first-order valence-electron chi connectivity index (χ1n) is 11.7. The van der Waals surface area contributed by atoms with Crippen LogP contribution in [0.25, 0.3) is 0 Å². The molecule has 8 heteroatoms. The number of hydrogen-bond donors (Lipinski definition) is 1. The van der Waals surface area contributed by atoms with Gasteiger partial charge < -0.3 is 4.90 Å². The molecule has 6 nitrogen and oxygen atoms in total. The van der Waals surface area contributed by atoms with E-state index in [1.165, 1.54) is 17.2 Å². The minimum atomic E-state index is -3.84. The molecule has 1 saturated heterocycles. The quantitative estimate of drug-likeness (QED) is 0.537. The van der Waals surface area contributed by atoms with Crippen molar-refractivity contribution in [1.82, 2.24) is 14.5 Å². The fraction of sp³-hybridized carbons (Fsp3) is 0.296. The minimum Gasteiger partial charge on any atom is -0.336 e. The summed E-state index contributed by atoms with van der Waals surface area (Å²) in [6.45, 7) is 5.43. The van der Waals surface area contributed by atoms with Crippen LogP contribution in [-0.4, -0.2) is 56.3 Å². The highest BCUT2D eigenvalue weighted by Crippen LogP contribution is 2.30. The Labute approximate surface area is 206 Å². The molecule has 1 heterocycles. The number of benzene rings is 3. The number of carbonyl (C=O) groups excluding carboxylic acids is 1. The summed E-state index contributed by atoms with van der Waals surface area (Å²) in [5, 5.41) is 0. The second-order valence-corrected chi connectivity index (χ2v) is 10.7. The van der Waals surface area contributed by atoms with Crippen molar-refractivity contribution in [3.05, 3.63) is 101 Å². The lowest BCUT2D eigenvalue weighted by Crippen LogP contribution is -2.50. The van der Waals surface area contributed by atoms with Crippen molar-refractivity contribution in [1.29, 1.82) is 0 Å². The van der Waals surface area contributed by atoms with E-state index < -0.39 is 21.7 Å². The number of halogens is 1. The van der Waals surface area contributed by atoms with E-state index in [1.54, 1.807) is 18.7 Å². The van der Waals surface area contributed by atoms with Crippen LogP contribution >= 0.6 is 0 Å². The van der Waals surface area contributed by atoms with Crippen molar-refractivity contribution in [2.75, 3.05) is 26.2 Å². The number of hydrogen-bond acceptors (Lipinski definition) is 4. The topological polar surface area (TPSA) is 69.7 Å². The van der Waals surface area contributed by atoms with Gasteiger partial charge in [-0.3, -0.25) is 9.69 Å². The minimum absolute atomic E-state index is 0.0435. The van der Waals surface area contributed by atoms with Crippen LogP contribution in [-0.2, 0) is 10.0 Å². The Hall–Kier alpha value is -3.07. The maximum Gasteiger partial charge on any atom is 0.256 e. The molecule has 1 aliphatic rings. The summed E-state index contributed by atoms with van der Waals surface area (Å²) in [6.07, 6.45) is 0. The fourth-order valence-electron chi connectivity index (χ4n) is 4.45. The molecule has 1 amide bonds. The monoisotopic (exact) mass is 495 g/mol. The summed E-state index contributed by atoms with van der Waals surface area (Å²) in [4.78, 5) is 17.0. The van der Waals surface area contributed by atoms with Crippen LogP contribution in [0.4, 0.5) is 4.39 Å². The van der Waals surface area contributed by atoms with Crippen LogP contribution in [0.2, 0.25) is 0 Å². The summed E-state index contributed by atoms with van der Waals surface area (Å²) < 4.78 is 42.1. The van der Waals surface area contributed by atoms with Gasteiger partial charge in [0.25, 0.3) is 5.91 Å². The summed E-state index contributed by atoms with van der Waals surface area (Å²) in [7, 11) is -3.84. The largest absolute Gasteiger partial charge is 0.336 e. The number of carbonyl (C=O) groups is 1. The molecule has 184 valence electrons. The van der Waals surface area contributed by atoms with E-state index in [4.69, 9.17) is 0 Å². The van der Waals surface area contributed by atoms with Gasteiger partial charge in [-0.2, -0.15) is 0 Å². The number of sulfonamides is 1. The average Bonchev–Trinajstić information content (AvgIpc) is 2.85. The van der Waals surface area contributed by atoms with Crippen LogP contribution < -0.4 is 4.72 Å². The third kappa shape index (κ3) is 5.78. The molecule has 3 aromatic rings. The summed E-state index contributed by atoms with van der Waals surface area (Å²) >= 11 is 0. The normalized spacial score (nSPS) is 15.1. The van der Waals surface area contributed by atoms with Gasteiger partial charge in [0.2, 0.25) is 10.0 Å². The molecule has 0 bridgehead atoms. The first-order chi connectivity index (χ1) is 16.8. The summed E-state index contributed by atoms with van der Waals surface area (Å²) in [6, 6.07) is 23.5. The number of piperazine rings is 1. The highest BCUT2D eigenvalue weighted by Gasteiger charge is 2.30. The molecule has 0 spiro atoms. The second-order valence-electron chi connectivity index (χ2n) is 8.97. The zero-order valence-electron chi connectivity index (χ0n) is 19.9. The average molecular weight is 496 g/mol. The molecule has 0 aromatic heterocycles. The third-order valence-electron chi connectivity index (χ3n) is 6.07. The van der Waals surface area contributed by atoms with Gasteiger partial charge in [0.1, 0.15) is 5.82 Å². The molecule has 4 rings (SSSR count). The van der Waals surface area contributed by atoms with E-state index in [9.17, 15) is 17.6 Å². The zero-order valence-corrected chi connectivity index (χ0v) is 20.7. The number of rotatable bonds is 7. The van der Waals surface area contributed by atoms with E-state index in [1.807, 2.05) is 36.4 Å². The Morgan fingerprint density at radius 2 is 1.40 bits per heavy atom. The van der Waals surface area contributed by atoms with Gasteiger partial charge in [-0.1, -0.05) is 60.7 Å². The SMILES string of the molecule is CC(C)NS(=O)(=O)c1ccc(F)c(C(=O)N2CCN(C(c3ccccc3)c3ccccc3)CC2)c1. The summed E-state index contributed by atoms with van der Waals surface area (Å²) in [5.74, 6) is -1.23. The highest BCUT2D eigenvalue weighted by molar-refractivity contribution is 7.89. The maximum absolute atomic E-state index is 14.6. The first kappa shape index (κ1) is 25.0. The lowest BCUT2D eigenvalue weighted by atomic mass is 9.96. The summed E-state index contributed by atoms with van der Waals surface area (Å²) in [5.41, 5.74) is 2.10. The molecule has 0 unspecified atom stereocenters. The van der Waals surface area contributed by atoms with Crippen molar-refractivity contribution in [3.63, 3.8) is 0 Å². The zero-order chi connectivity index (χ0) is 25.0. The smallest absolute Gasteiger partial charge is 0.256 e. The second kappa shape index (κ2) is 10.7. The molecule has 0 atom stereocenters. The van der Waals surface area contributed by atoms with Crippen molar-refractivity contribution in [2.45, 2.75) is 30.8 Å². The Morgan fingerprint density at radius 1 is 0.857 bits per heavy atom. The molecule has 35 heavy (non-hydrogen) atoms. The van der Waals surface area contributed by atoms with E-state index in [-0.39, 0.29) is 22.5 Å². The molecule has 0 saturated carbocycles. The molecular weight excluding hydrogens is 465 g/mol. The Balaban J connectivity index is 1.52. The third-order valence-corrected chi connectivity index (χ3v) is 7.72. The highest BCUT2D eigenvalue weighted by atomic mass is 32.2. The van der Waals surface area contributed by atoms with Gasteiger partial charge in [0.15, 0.2) is 0 Å². The van der Waals surface area contributed by atoms with Crippen molar-refractivity contribution in [2.24, 2.45) is 0 Å². The molecule has 1 N–H and O–H groups in total. The van der Waals surface area contributed by atoms with Gasteiger partial charge >= 0.3 is 0 Å². The predicted molar refractivity (Wildman–Crippen MR) is 134 cm³/mol. The first-order valence-corrected chi connectivity index (χ1v) is 13.2. The number of amides is 1. The molecule has 1 aliphatic heterocycles. The standard InChI is InChI=1S/C27H30FN3O3S/c1-20(2)29-35(33,34)23-13-14-25(28)24(19-23)27(32)31-17-15-30(16-18-31)26(21-9-5-3-6-10-21)22-11-7-4-8-12-22/h3-14,19-20,26,29H,15-18H2,1-2H3.